The second kappa shape index (κ2) is 8.42. The molecule has 0 spiro atoms. The summed E-state index contributed by atoms with van der Waals surface area (Å²) in [4.78, 5) is 4.19. The minimum Gasteiger partial charge on any atom is -0.306 e. The Hall–Kier alpha value is -3.70. The third-order valence-electron chi connectivity index (χ3n) is 6.87. The number of nitrogens with zero attached hydrogens (tertiary/aromatic N) is 5. The van der Waals surface area contributed by atoms with Crippen LogP contribution in [0.25, 0.3) is 27.6 Å². The van der Waals surface area contributed by atoms with Gasteiger partial charge in [-0.25, -0.2) is 8.42 Å². The van der Waals surface area contributed by atoms with Crippen LogP contribution in [0.5, 0.6) is 0 Å². The highest BCUT2D eigenvalue weighted by atomic mass is 32.2. The van der Waals surface area contributed by atoms with Gasteiger partial charge < -0.3 is 4.57 Å². The Balaban J connectivity index is 1.47. The summed E-state index contributed by atoms with van der Waals surface area (Å²) < 4.78 is 71.8. The quantitative estimate of drug-likeness (QED) is 0.313. The number of aryl methyl sites for hydroxylation is 1. The van der Waals surface area contributed by atoms with E-state index >= 15 is 0 Å². The van der Waals surface area contributed by atoms with E-state index in [9.17, 15) is 21.6 Å². The van der Waals surface area contributed by atoms with Gasteiger partial charge in [-0.05, 0) is 73.0 Å². The molecule has 0 N–H and O–H groups in total. The monoisotopic (exact) mass is 525 g/mol. The Kier molecular flexibility index (Phi) is 5.39. The number of hydrogen-bond acceptors (Lipinski definition) is 4. The number of sulfonamides is 1. The van der Waals surface area contributed by atoms with Crippen LogP contribution in [-0.4, -0.2) is 38.6 Å². The van der Waals surface area contributed by atoms with Crippen LogP contribution in [0.2, 0.25) is 0 Å². The van der Waals surface area contributed by atoms with Gasteiger partial charge in [0.2, 0.25) is 10.0 Å². The third-order valence-corrected chi connectivity index (χ3v) is 8.77. The van der Waals surface area contributed by atoms with Crippen LogP contribution >= 0.6 is 0 Å². The van der Waals surface area contributed by atoms with E-state index in [1.807, 2.05) is 12.1 Å². The van der Waals surface area contributed by atoms with Gasteiger partial charge in [0.25, 0.3) is 0 Å². The molecule has 1 saturated heterocycles. The Morgan fingerprint density at radius 3 is 2.41 bits per heavy atom. The van der Waals surface area contributed by atoms with Gasteiger partial charge in [-0.1, -0.05) is 0 Å². The average molecular weight is 526 g/mol. The zero-order chi connectivity index (χ0) is 25.9. The van der Waals surface area contributed by atoms with E-state index in [0.29, 0.717) is 34.2 Å². The molecule has 0 unspecified atom stereocenters. The summed E-state index contributed by atoms with van der Waals surface area (Å²) >= 11 is 0. The SMILES string of the molecule is Cn1cc2c(n1)c1cc(S(=O)(=O)N3CCC[C@H]3c3ccncc3)ccc1n2-c1ccc(C(F)(F)F)cc1. The highest BCUT2D eigenvalue weighted by molar-refractivity contribution is 7.89. The van der Waals surface area contributed by atoms with Crippen molar-refractivity contribution in [2.24, 2.45) is 7.05 Å². The maximum atomic E-state index is 13.8. The molecular weight excluding hydrogens is 503 g/mol. The van der Waals surface area contributed by atoms with Gasteiger partial charge >= 0.3 is 6.18 Å². The van der Waals surface area contributed by atoms with Gasteiger partial charge in [-0.3, -0.25) is 9.67 Å². The van der Waals surface area contributed by atoms with Crippen LogP contribution in [0.3, 0.4) is 0 Å². The number of hydrogen-bond donors (Lipinski definition) is 0. The Labute approximate surface area is 210 Å². The van der Waals surface area contributed by atoms with Crippen LogP contribution in [0.1, 0.15) is 30.0 Å². The van der Waals surface area contributed by atoms with Gasteiger partial charge in [0.15, 0.2) is 0 Å². The minimum absolute atomic E-state index is 0.151. The lowest BCUT2D eigenvalue weighted by molar-refractivity contribution is -0.137. The second-order valence-electron chi connectivity index (χ2n) is 9.15. The molecule has 6 rings (SSSR count). The fourth-order valence-electron chi connectivity index (χ4n) is 5.18. The fraction of sp³-hybridized carbons (Fsp3) is 0.231. The van der Waals surface area contributed by atoms with Crippen LogP contribution in [0.15, 0.2) is 78.1 Å². The van der Waals surface area contributed by atoms with Crippen molar-refractivity contribution in [2.45, 2.75) is 30.0 Å². The molecule has 5 aromatic rings. The van der Waals surface area contributed by atoms with Crippen molar-refractivity contribution in [3.63, 3.8) is 0 Å². The maximum Gasteiger partial charge on any atom is 0.416 e. The molecule has 0 radical (unpaired) electrons. The minimum atomic E-state index is -4.44. The van der Waals surface area contributed by atoms with Crippen molar-refractivity contribution < 1.29 is 21.6 Å². The molecule has 1 aliphatic rings. The number of fused-ring (bicyclic) bond motifs is 3. The maximum absolute atomic E-state index is 13.8. The molecule has 0 amide bonds. The highest BCUT2D eigenvalue weighted by Crippen LogP contribution is 2.39. The molecule has 0 saturated carbocycles. The molecule has 11 heteroatoms. The van der Waals surface area contributed by atoms with Crippen molar-refractivity contribution in [2.75, 3.05) is 6.54 Å². The number of alkyl halides is 3. The van der Waals surface area contributed by atoms with E-state index in [0.717, 1.165) is 30.5 Å². The average Bonchev–Trinajstić information content (AvgIpc) is 3.58. The fourth-order valence-corrected chi connectivity index (χ4v) is 6.89. The largest absolute Gasteiger partial charge is 0.416 e. The first-order chi connectivity index (χ1) is 17.6. The number of rotatable bonds is 4. The molecule has 0 aliphatic carbocycles. The predicted molar refractivity (Wildman–Crippen MR) is 133 cm³/mol. The standard InChI is InChI=1S/C26H22F3N5O2S/c1-32-16-24-25(31-32)21-15-20(37(35,36)33-14-2-3-22(33)17-10-12-30-13-11-17)8-9-23(21)34(24)19-6-4-18(5-7-19)26(27,28)29/h4-13,15-16,22H,2-3,14H2,1H3/t22-/m0/s1. The molecule has 1 fully saturated rings. The Morgan fingerprint density at radius 2 is 1.70 bits per heavy atom. The van der Waals surface area contributed by atoms with Crippen LogP contribution in [0, 0.1) is 0 Å². The normalized spacial score (nSPS) is 17.2. The summed E-state index contributed by atoms with van der Waals surface area (Å²) in [7, 11) is -2.08. The smallest absolute Gasteiger partial charge is 0.306 e. The third kappa shape index (κ3) is 3.89. The lowest BCUT2D eigenvalue weighted by Crippen LogP contribution is -2.30. The molecule has 4 heterocycles. The van der Waals surface area contributed by atoms with Crippen LogP contribution in [0.4, 0.5) is 13.2 Å². The van der Waals surface area contributed by atoms with E-state index in [4.69, 9.17) is 0 Å². The summed E-state index contributed by atoms with van der Waals surface area (Å²) in [5.41, 5.74) is 2.58. The molecule has 190 valence electrons. The van der Waals surface area contributed by atoms with Gasteiger partial charge in [0.05, 0.1) is 27.5 Å². The predicted octanol–water partition coefficient (Wildman–Crippen LogP) is 5.46. The van der Waals surface area contributed by atoms with E-state index in [1.54, 1.807) is 53.1 Å². The summed E-state index contributed by atoms with van der Waals surface area (Å²) in [6.45, 7) is 0.416. The zero-order valence-electron chi connectivity index (χ0n) is 19.7. The summed E-state index contributed by atoms with van der Waals surface area (Å²) in [6, 6.07) is 13.2. The first kappa shape index (κ1) is 23.7. The number of halogens is 3. The summed E-state index contributed by atoms with van der Waals surface area (Å²) in [6.07, 6.45) is 2.12. The number of pyridine rings is 1. The topological polar surface area (TPSA) is 73.0 Å². The van der Waals surface area contributed by atoms with Crippen LogP contribution in [-0.2, 0) is 23.2 Å². The molecule has 37 heavy (non-hydrogen) atoms. The molecule has 2 aromatic carbocycles. The summed E-state index contributed by atoms with van der Waals surface area (Å²) in [5, 5.41) is 5.14. The Bertz CT molecular complexity index is 1730. The van der Waals surface area contributed by atoms with Crippen LogP contribution < -0.4 is 0 Å². The van der Waals surface area contributed by atoms with Crippen molar-refractivity contribution in [1.29, 1.82) is 0 Å². The lowest BCUT2D eigenvalue weighted by Gasteiger charge is -2.24. The first-order valence-corrected chi connectivity index (χ1v) is 13.2. The lowest BCUT2D eigenvalue weighted by atomic mass is 10.1. The van der Waals surface area contributed by atoms with Crippen molar-refractivity contribution in [1.82, 2.24) is 23.6 Å². The molecule has 3 aromatic heterocycles. The van der Waals surface area contributed by atoms with Crippen molar-refractivity contribution in [3.8, 4) is 5.69 Å². The van der Waals surface area contributed by atoms with Gasteiger partial charge in [-0.15, -0.1) is 0 Å². The van der Waals surface area contributed by atoms with Crippen molar-refractivity contribution in [3.05, 3.63) is 84.3 Å². The van der Waals surface area contributed by atoms with E-state index in [1.165, 1.54) is 16.4 Å². The number of benzene rings is 2. The highest BCUT2D eigenvalue weighted by Gasteiger charge is 2.36. The molecule has 7 nitrogen and oxygen atoms in total. The molecule has 0 bridgehead atoms. The van der Waals surface area contributed by atoms with Gasteiger partial charge in [0, 0.05) is 43.3 Å². The van der Waals surface area contributed by atoms with Crippen molar-refractivity contribution >= 4 is 32.0 Å². The van der Waals surface area contributed by atoms with Gasteiger partial charge in [0.1, 0.15) is 5.52 Å². The number of aromatic nitrogens is 4. The second-order valence-corrected chi connectivity index (χ2v) is 11.0. The van der Waals surface area contributed by atoms with E-state index in [-0.39, 0.29) is 10.9 Å². The Morgan fingerprint density at radius 1 is 0.973 bits per heavy atom. The molecule has 1 atom stereocenters. The summed E-state index contributed by atoms with van der Waals surface area (Å²) in [5.74, 6) is 0. The molecular formula is C26H22F3N5O2S. The molecule has 1 aliphatic heterocycles. The van der Waals surface area contributed by atoms with Gasteiger partial charge in [-0.2, -0.15) is 22.6 Å². The first-order valence-electron chi connectivity index (χ1n) is 11.7. The van der Waals surface area contributed by atoms with E-state index in [2.05, 4.69) is 10.1 Å². The van der Waals surface area contributed by atoms with E-state index < -0.39 is 21.8 Å². The zero-order valence-corrected chi connectivity index (χ0v) is 20.5.